The van der Waals surface area contributed by atoms with Crippen LogP contribution in [0.3, 0.4) is 0 Å². The van der Waals surface area contributed by atoms with E-state index >= 15 is 0 Å². The number of nitrogens with one attached hydrogen (secondary N) is 1. The second-order valence-corrected chi connectivity index (χ2v) is 13.7. The number of hydrogen-bond donors (Lipinski definition) is 2. The van der Waals surface area contributed by atoms with Crippen molar-refractivity contribution >= 4 is 28.9 Å². The second-order valence-electron chi connectivity index (χ2n) is 13.7. The van der Waals surface area contributed by atoms with Crippen molar-refractivity contribution in [1.82, 2.24) is 24.0 Å². The van der Waals surface area contributed by atoms with Gasteiger partial charge in [-0.15, -0.1) is 0 Å². The molecular formula is C37H44N8O4. The van der Waals surface area contributed by atoms with Crippen molar-refractivity contribution in [2.45, 2.75) is 64.3 Å². The van der Waals surface area contributed by atoms with Crippen LogP contribution in [0.1, 0.15) is 53.5 Å². The Hall–Kier alpha value is -4.52. The van der Waals surface area contributed by atoms with Crippen LogP contribution in [0.15, 0.2) is 53.7 Å². The van der Waals surface area contributed by atoms with Gasteiger partial charge < -0.3 is 29.2 Å². The third kappa shape index (κ3) is 5.71. The van der Waals surface area contributed by atoms with E-state index in [4.69, 9.17) is 9.72 Å². The SMILES string of the molecule is CC[C@H]1CN(C2COC2)CCN1c1ccc(Nc2cc(-c3ccnc(N4CCn5c(cc6c5CCCC6)C4=O)c3CO)cn(C)c2=O)nc1. The number of aromatic nitrogens is 4. The van der Waals surface area contributed by atoms with Crippen molar-refractivity contribution in [3.8, 4) is 11.1 Å². The van der Waals surface area contributed by atoms with Crippen LogP contribution < -0.4 is 20.7 Å². The summed E-state index contributed by atoms with van der Waals surface area (Å²) in [5.41, 5.74) is 6.46. The highest BCUT2D eigenvalue weighted by Gasteiger charge is 2.34. The molecule has 4 aromatic rings. The Morgan fingerprint density at radius 3 is 2.63 bits per heavy atom. The van der Waals surface area contributed by atoms with Gasteiger partial charge in [0.15, 0.2) is 0 Å². The maximum atomic E-state index is 13.8. The molecule has 1 aliphatic carbocycles. The first-order valence-electron chi connectivity index (χ1n) is 17.6. The first kappa shape index (κ1) is 31.7. The zero-order valence-corrected chi connectivity index (χ0v) is 28.3. The highest BCUT2D eigenvalue weighted by Crippen LogP contribution is 2.35. The van der Waals surface area contributed by atoms with E-state index in [9.17, 15) is 14.7 Å². The van der Waals surface area contributed by atoms with Gasteiger partial charge in [0.05, 0.1) is 37.7 Å². The summed E-state index contributed by atoms with van der Waals surface area (Å²) in [5.74, 6) is 0.916. The third-order valence-electron chi connectivity index (χ3n) is 10.8. The van der Waals surface area contributed by atoms with Crippen molar-refractivity contribution in [2.24, 2.45) is 7.05 Å². The van der Waals surface area contributed by atoms with Gasteiger partial charge in [0, 0.05) is 75.0 Å². The number of anilines is 4. The molecule has 2 saturated heterocycles. The number of fused-ring (bicyclic) bond motifs is 3. The molecule has 0 aromatic carbocycles. The van der Waals surface area contributed by atoms with E-state index in [1.165, 1.54) is 15.8 Å². The van der Waals surface area contributed by atoms with Crippen molar-refractivity contribution in [3.63, 3.8) is 0 Å². The van der Waals surface area contributed by atoms with Crippen LogP contribution in [0.25, 0.3) is 11.1 Å². The minimum atomic E-state index is -0.310. The van der Waals surface area contributed by atoms with Gasteiger partial charge in [0.25, 0.3) is 11.5 Å². The molecule has 1 amide bonds. The number of hydrogen-bond acceptors (Lipinski definition) is 9. The molecule has 0 radical (unpaired) electrons. The normalized spacial score (nSPS) is 19.8. The first-order valence-corrected chi connectivity index (χ1v) is 17.6. The Kier molecular flexibility index (Phi) is 8.46. The lowest BCUT2D eigenvalue weighted by Gasteiger charge is -2.47. The molecule has 0 spiro atoms. The maximum Gasteiger partial charge on any atom is 0.276 e. The summed E-state index contributed by atoms with van der Waals surface area (Å²) in [6, 6.07) is 10.6. The molecule has 12 nitrogen and oxygen atoms in total. The lowest BCUT2D eigenvalue weighted by atomic mass is 9.98. The van der Waals surface area contributed by atoms with Crippen LogP contribution >= 0.6 is 0 Å². The van der Waals surface area contributed by atoms with Gasteiger partial charge in [0.1, 0.15) is 23.0 Å². The van der Waals surface area contributed by atoms with E-state index in [1.807, 2.05) is 24.4 Å². The van der Waals surface area contributed by atoms with Gasteiger partial charge >= 0.3 is 0 Å². The average Bonchev–Trinajstić information content (AvgIpc) is 3.49. The zero-order valence-electron chi connectivity index (χ0n) is 28.3. The van der Waals surface area contributed by atoms with Gasteiger partial charge in [0.2, 0.25) is 0 Å². The van der Waals surface area contributed by atoms with E-state index in [0.717, 1.165) is 76.2 Å². The van der Waals surface area contributed by atoms with E-state index in [1.54, 1.807) is 30.4 Å². The summed E-state index contributed by atoms with van der Waals surface area (Å²) >= 11 is 0. The highest BCUT2D eigenvalue weighted by atomic mass is 16.5. The summed E-state index contributed by atoms with van der Waals surface area (Å²) in [7, 11) is 1.71. The fraction of sp³-hybridized carbons (Fsp3) is 0.459. The number of amides is 1. The first-order chi connectivity index (χ1) is 23.9. The third-order valence-corrected chi connectivity index (χ3v) is 10.8. The number of carbonyl (C=O) groups is 1. The summed E-state index contributed by atoms with van der Waals surface area (Å²) in [6.45, 7) is 7.70. The molecule has 2 N–H and O–H groups in total. The van der Waals surface area contributed by atoms with Crippen molar-refractivity contribution in [2.75, 3.05) is 54.5 Å². The number of pyridine rings is 3. The molecule has 2 fully saturated rings. The quantitative estimate of drug-likeness (QED) is 0.291. The van der Waals surface area contributed by atoms with E-state index in [0.29, 0.717) is 59.3 Å². The van der Waals surface area contributed by atoms with Crippen LogP contribution in [0.2, 0.25) is 0 Å². The molecule has 3 aliphatic heterocycles. The van der Waals surface area contributed by atoms with Crippen LogP contribution in [0, 0.1) is 0 Å². The largest absolute Gasteiger partial charge is 0.392 e. The van der Waals surface area contributed by atoms with Crippen molar-refractivity contribution in [1.29, 1.82) is 0 Å². The van der Waals surface area contributed by atoms with Crippen LogP contribution in [0.5, 0.6) is 0 Å². The molecule has 256 valence electrons. The lowest BCUT2D eigenvalue weighted by molar-refractivity contribution is -0.0698. The molecule has 4 aromatic heterocycles. The Morgan fingerprint density at radius 1 is 1.02 bits per heavy atom. The Balaban J connectivity index is 1.04. The summed E-state index contributed by atoms with van der Waals surface area (Å²) < 4.78 is 9.12. The zero-order chi connectivity index (χ0) is 33.6. The number of carbonyl (C=O) groups excluding carboxylic acids is 1. The molecule has 49 heavy (non-hydrogen) atoms. The Morgan fingerprint density at radius 2 is 1.88 bits per heavy atom. The monoisotopic (exact) mass is 664 g/mol. The molecule has 8 rings (SSSR count). The number of aryl methyl sites for hydroxylation is 2. The van der Waals surface area contributed by atoms with Gasteiger partial charge in [-0.05, 0) is 73.6 Å². The molecule has 0 bridgehead atoms. The standard InChI is InChI=1S/C37H44N8O4/c1-3-26-20-42(28-22-49-23-28)12-13-43(26)27-8-9-34(39-18-27)40-31-16-25(19-41(2)36(31)47)29-10-11-38-35(30(29)21-46)45-15-14-44-32-7-5-4-6-24(32)17-33(44)37(45)48/h8-11,16-19,26,28,46H,3-7,12-15,20-23H2,1-2H3,(H,39,40)/t26-/m0/s1. The van der Waals surface area contributed by atoms with Crippen LogP contribution in [-0.4, -0.2) is 86.5 Å². The summed E-state index contributed by atoms with van der Waals surface area (Å²) in [4.78, 5) is 43.1. The topological polar surface area (TPSA) is 121 Å². The number of ether oxygens (including phenoxy) is 1. The molecular weight excluding hydrogens is 620 g/mol. The number of piperazine rings is 1. The Labute approximate surface area is 285 Å². The minimum absolute atomic E-state index is 0.0996. The average molecular weight is 665 g/mol. The molecule has 1 atom stereocenters. The van der Waals surface area contributed by atoms with E-state index in [-0.39, 0.29) is 18.1 Å². The highest BCUT2D eigenvalue weighted by molar-refractivity contribution is 6.06. The maximum absolute atomic E-state index is 13.8. The van der Waals surface area contributed by atoms with Crippen molar-refractivity contribution in [3.05, 3.63) is 81.8 Å². The van der Waals surface area contributed by atoms with E-state index in [2.05, 4.69) is 37.7 Å². The number of aliphatic hydroxyl groups is 1. The van der Waals surface area contributed by atoms with Gasteiger partial charge in [-0.2, -0.15) is 0 Å². The smallest absolute Gasteiger partial charge is 0.276 e. The summed E-state index contributed by atoms with van der Waals surface area (Å²) in [6.07, 6.45) is 10.7. The second kappa shape index (κ2) is 13.1. The van der Waals surface area contributed by atoms with Crippen LogP contribution in [0.4, 0.5) is 23.0 Å². The summed E-state index contributed by atoms with van der Waals surface area (Å²) in [5, 5.41) is 13.9. The lowest BCUT2D eigenvalue weighted by Crippen LogP contribution is -2.60. The van der Waals surface area contributed by atoms with Gasteiger partial charge in [-0.1, -0.05) is 6.92 Å². The fourth-order valence-electron chi connectivity index (χ4n) is 8.03. The van der Waals surface area contributed by atoms with E-state index < -0.39 is 0 Å². The fourth-order valence-corrected chi connectivity index (χ4v) is 8.03. The van der Waals surface area contributed by atoms with Gasteiger partial charge in [-0.25, -0.2) is 9.97 Å². The molecule has 7 heterocycles. The van der Waals surface area contributed by atoms with Gasteiger partial charge in [-0.3, -0.25) is 19.4 Å². The molecule has 0 unspecified atom stereocenters. The molecule has 0 saturated carbocycles. The minimum Gasteiger partial charge on any atom is -0.392 e. The number of rotatable bonds is 8. The van der Waals surface area contributed by atoms with Crippen LogP contribution in [-0.2, 0) is 37.8 Å². The predicted molar refractivity (Wildman–Crippen MR) is 189 cm³/mol. The number of nitrogens with zero attached hydrogens (tertiary/aromatic N) is 7. The number of aliphatic hydroxyl groups excluding tert-OH is 1. The Bertz CT molecular complexity index is 1930. The predicted octanol–water partition coefficient (Wildman–Crippen LogP) is 3.72. The van der Waals surface area contributed by atoms with Crippen molar-refractivity contribution < 1.29 is 14.6 Å². The molecule has 12 heteroatoms. The molecule has 4 aliphatic rings.